The van der Waals surface area contributed by atoms with Crippen molar-refractivity contribution in [3.63, 3.8) is 0 Å². The Morgan fingerprint density at radius 3 is 2.33 bits per heavy atom. The molecule has 1 N–H and O–H groups in total. The fourth-order valence-corrected chi connectivity index (χ4v) is 7.77. The quantitative estimate of drug-likeness (QED) is 0.395. The Morgan fingerprint density at radius 2 is 1.82 bits per heavy atom. The maximum Gasteiger partial charge on any atom is 0.407 e. The van der Waals surface area contributed by atoms with Gasteiger partial charge in [-0.2, -0.15) is 0 Å². The van der Waals surface area contributed by atoms with Crippen molar-refractivity contribution in [3.05, 3.63) is 35.9 Å². The summed E-state index contributed by atoms with van der Waals surface area (Å²) in [5, 5.41) is 2.97. The molecule has 0 saturated heterocycles. The summed E-state index contributed by atoms with van der Waals surface area (Å²) in [6.07, 6.45) is 4.42. The average Bonchev–Trinajstić information content (AvgIpc) is 3.04. The molecule has 2 aliphatic carbocycles. The Morgan fingerprint density at radius 1 is 1.15 bits per heavy atom. The molecule has 6 heteroatoms. The molecule has 0 unspecified atom stereocenters. The van der Waals surface area contributed by atoms with Gasteiger partial charge in [0.2, 0.25) is 0 Å². The van der Waals surface area contributed by atoms with E-state index in [4.69, 9.17) is 9.16 Å². The molecule has 5 nitrogen and oxygen atoms in total. The minimum atomic E-state index is -1.99. The van der Waals surface area contributed by atoms with Crippen molar-refractivity contribution in [2.75, 3.05) is 0 Å². The van der Waals surface area contributed by atoms with Gasteiger partial charge >= 0.3 is 6.09 Å². The van der Waals surface area contributed by atoms with Crippen LogP contribution in [0.3, 0.4) is 0 Å². The van der Waals surface area contributed by atoms with Crippen molar-refractivity contribution in [1.29, 1.82) is 0 Å². The third kappa shape index (κ3) is 5.07. The number of alkyl carbamates (subject to hydrolysis) is 1. The molecular weight excluding hydrogens is 430 g/mol. The lowest BCUT2D eigenvalue weighted by molar-refractivity contribution is -0.152. The van der Waals surface area contributed by atoms with Gasteiger partial charge in [-0.15, -0.1) is 0 Å². The molecule has 0 radical (unpaired) electrons. The first kappa shape index (κ1) is 26.0. The topological polar surface area (TPSA) is 64.6 Å². The predicted molar refractivity (Wildman–Crippen MR) is 134 cm³/mol. The summed E-state index contributed by atoms with van der Waals surface area (Å²) >= 11 is 0. The Balaban J connectivity index is 1.75. The number of nitrogens with one attached hydrogen (secondary N) is 1. The second-order valence-corrected chi connectivity index (χ2v) is 16.3. The van der Waals surface area contributed by atoms with Gasteiger partial charge in [-0.05, 0) is 62.2 Å². The highest BCUT2D eigenvalue weighted by atomic mass is 28.4. The molecule has 1 amide bonds. The Labute approximate surface area is 201 Å². The van der Waals surface area contributed by atoms with Crippen LogP contribution in [0, 0.1) is 16.7 Å². The van der Waals surface area contributed by atoms with E-state index in [2.05, 4.69) is 52.7 Å². The number of fused-ring (bicyclic) bond motifs is 2. The minimum Gasteiger partial charge on any atom is -0.445 e. The van der Waals surface area contributed by atoms with E-state index in [9.17, 15) is 9.59 Å². The lowest BCUT2D eigenvalue weighted by Gasteiger charge is -2.50. The Hall–Kier alpha value is -1.66. The monoisotopic (exact) mass is 473 g/mol. The second-order valence-electron chi connectivity index (χ2n) is 11.9. The van der Waals surface area contributed by atoms with Crippen LogP contribution in [0.4, 0.5) is 4.79 Å². The van der Waals surface area contributed by atoms with Crippen LogP contribution in [-0.4, -0.2) is 31.8 Å². The first-order chi connectivity index (χ1) is 15.3. The number of Topliss-reactive ketones (excluding diaryl/α,β-unsaturated/α-hetero) is 1. The summed E-state index contributed by atoms with van der Waals surface area (Å²) in [4.78, 5) is 26.6. The maximum absolute atomic E-state index is 14.1. The van der Waals surface area contributed by atoms with Crippen molar-refractivity contribution < 1.29 is 18.8 Å². The highest BCUT2D eigenvalue weighted by molar-refractivity contribution is 6.70. The summed E-state index contributed by atoms with van der Waals surface area (Å²) < 4.78 is 12.3. The summed E-state index contributed by atoms with van der Waals surface area (Å²) in [5.41, 5.74) is 0.0540. The molecule has 33 heavy (non-hydrogen) atoms. The van der Waals surface area contributed by atoms with Gasteiger partial charge in [0.15, 0.2) is 14.1 Å². The van der Waals surface area contributed by atoms with Gasteiger partial charge in [0.05, 0.1) is 0 Å². The highest BCUT2D eigenvalue weighted by Gasteiger charge is 2.72. The standard InChI is InChI=1S/C27H43NO4Si/c1-8-12-22(28-24(30)31-19-20-13-10-9-11-14-20)17-23(29)27(32-33(5,6)7)18-21-15-16-26(27,4)25(21,2)3/h9-11,13-14,21-22H,8,12,15-19H2,1-7H3,(H,28,30)/t21-,22-,26-,27-/m1/s1. The summed E-state index contributed by atoms with van der Waals surface area (Å²) in [5.74, 6) is 0.653. The number of rotatable bonds is 10. The maximum atomic E-state index is 14.1. The van der Waals surface area contributed by atoms with Crippen LogP contribution < -0.4 is 5.32 Å². The van der Waals surface area contributed by atoms with Crippen molar-refractivity contribution in [2.45, 2.75) is 104 Å². The van der Waals surface area contributed by atoms with E-state index >= 15 is 0 Å². The molecule has 2 saturated carbocycles. The molecule has 2 fully saturated rings. The molecule has 3 rings (SSSR count). The van der Waals surface area contributed by atoms with Crippen LogP contribution in [-0.2, 0) is 20.6 Å². The number of ketones is 1. The predicted octanol–water partition coefficient (Wildman–Crippen LogP) is 6.48. The van der Waals surface area contributed by atoms with E-state index in [0.29, 0.717) is 5.92 Å². The molecule has 1 aromatic carbocycles. The van der Waals surface area contributed by atoms with Crippen LogP contribution in [0.1, 0.15) is 71.8 Å². The molecule has 0 heterocycles. The van der Waals surface area contributed by atoms with Crippen LogP contribution >= 0.6 is 0 Å². The third-order valence-electron chi connectivity index (χ3n) is 8.40. The molecule has 4 atom stereocenters. The van der Waals surface area contributed by atoms with Gasteiger partial charge in [0, 0.05) is 17.9 Å². The first-order valence-corrected chi connectivity index (χ1v) is 16.0. The van der Waals surface area contributed by atoms with Gasteiger partial charge in [-0.1, -0.05) is 64.4 Å². The normalized spacial score (nSPS) is 29.0. The molecule has 0 aliphatic heterocycles. The van der Waals surface area contributed by atoms with Gasteiger partial charge in [-0.3, -0.25) is 4.79 Å². The van der Waals surface area contributed by atoms with Crippen molar-refractivity contribution >= 4 is 20.2 Å². The van der Waals surface area contributed by atoms with Crippen molar-refractivity contribution in [3.8, 4) is 0 Å². The van der Waals surface area contributed by atoms with Gasteiger partial charge in [0.25, 0.3) is 0 Å². The fourth-order valence-electron chi connectivity index (χ4n) is 6.30. The number of carbonyl (C=O) groups is 2. The van der Waals surface area contributed by atoms with Crippen LogP contribution in [0.5, 0.6) is 0 Å². The zero-order valence-corrected chi connectivity index (χ0v) is 22.6. The largest absolute Gasteiger partial charge is 0.445 e. The van der Waals surface area contributed by atoms with Gasteiger partial charge < -0.3 is 14.5 Å². The number of benzene rings is 1. The smallest absolute Gasteiger partial charge is 0.407 e. The molecular formula is C27H43NO4Si. The molecule has 1 aromatic rings. The Kier molecular flexibility index (Phi) is 7.50. The van der Waals surface area contributed by atoms with Crippen LogP contribution in [0.25, 0.3) is 0 Å². The number of ether oxygens (including phenoxy) is 1. The van der Waals surface area contributed by atoms with Gasteiger partial charge in [-0.25, -0.2) is 4.79 Å². The molecule has 0 spiro atoms. The summed E-state index contributed by atoms with van der Waals surface area (Å²) in [6.45, 7) is 15.7. The van der Waals surface area contributed by atoms with E-state index in [1.54, 1.807) is 0 Å². The molecule has 0 aromatic heterocycles. The second kappa shape index (κ2) is 9.53. The number of hydrogen-bond acceptors (Lipinski definition) is 4. The molecule has 2 bridgehead atoms. The summed E-state index contributed by atoms with van der Waals surface area (Å²) in [7, 11) is -1.99. The van der Waals surface area contributed by atoms with Gasteiger partial charge in [0.1, 0.15) is 12.2 Å². The van der Waals surface area contributed by atoms with E-state index in [1.165, 1.54) is 0 Å². The van der Waals surface area contributed by atoms with Crippen LogP contribution in [0.15, 0.2) is 30.3 Å². The highest BCUT2D eigenvalue weighted by Crippen LogP contribution is 2.71. The molecule has 2 aliphatic rings. The van der Waals surface area contributed by atoms with E-state index in [1.807, 2.05) is 30.3 Å². The Bertz CT molecular complexity index is 849. The minimum absolute atomic E-state index is 0.0601. The number of amides is 1. The van der Waals surface area contributed by atoms with E-state index in [-0.39, 0.29) is 35.7 Å². The fraction of sp³-hybridized carbons (Fsp3) is 0.704. The van der Waals surface area contributed by atoms with E-state index in [0.717, 1.165) is 37.7 Å². The van der Waals surface area contributed by atoms with Crippen molar-refractivity contribution in [1.82, 2.24) is 5.32 Å². The molecule has 184 valence electrons. The zero-order valence-electron chi connectivity index (χ0n) is 21.6. The lowest BCUT2D eigenvalue weighted by atomic mass is 9.62. The van der Waals surface area contributed by atoms with E-state index < -0.39 is 20.0 Å². The van der Waals surface area contributed by atoms with Crippen LogP contribution in [0.2, 0.25) is 19.6 Å². The SMILES string of the molecule is CCC[C@H](CC(=O)[C@]1(O[Si](C)(C)C)C[C@H]2CC[C@]1(C)C2(C)C)NC(=O)OCc1ccccc1. The zero-order chi connectivity index (χ0) is 24.5. The number of carbonyl (C=O) groups excluding carboxylic acids is 2. The average molecular weight is 474 g/mol. The number of hydrogen-bond donors (Lipinski definition) is 1. The summed E-state index contributed by atoms with van der Waals surface area (Å²) in [6, 6.07) is 9.38. The lowest BCUT2D eigenvalue weighted by Crippen LogP contribution is -2.59. The third-order valence-corrected chi connectivity index (χ3v) is 9.36. The van der Waals surface area contributed by atoms with Crippen molar-refractivity contribution in [2.24, 2.45) is 16.7 Å². The first-order valence-electron chi connectivity index (χ1n) is 12.6.